The molecule has 3 nitrogen and oxygen atoms in total. The zero-order valence-electron chi connectivity index (χ0n) is 13.9. The van der Waals surface area contributed by atoms with Gasteiger partial charge in [-0.3, -0.25) is 0 Å². The van der Waals surface area contributed by atoms with Crippen molar-refractivity contribution in [3.63, 3.8) is 0 Å². The molecule has 0 unspecified atom stereocenters. The maximum absolute atomic E-state index is 5.70. The lowest BCUT2D eigenvalue weighted by Crippen LogP contribution is -2.23. The molecule has 0 saturated heterocycles. The summed E-state index contributed by atoms with van der Waals surface area (Å²) < 4.78 is 11.4. The minimum atomic E-state index is 0. The first kappa shape index (κ1) is 19.3. The second-order valence-electron chi connectivity index (χ2n) is 5.43. The molecule has 23 heavy (non-hydrogen) atoms. The standard InChI is InChI=1S/C19H25NO2.ClH/c1-16-7-9-18(10-8-16)22-14-12-20-11-4-13-21-19-6-3-5-17(2)15-19;/h3,5-10,15,20H,4,11-14H2,1-2H3;1H. The molecule has 0 amide bonds. The van der Waals surface area contributed by atoms with Gasteiger partial charge in [-0.1, -0.05) is 29.8 Å². The minimum absolute atomic E-state index is 0. The molecule has 0 bridgehead atoms. The quantitative estimate of drug-likeness (QED) is 0.698. The number of hydrogen-bond acceptors (Lipinski definition) is 3. The molecule has 0 aliphatic rings. The van der Waals surface area contributed by atoms with E-state index in [1.54, 1.807) is 0 Å². The van der Waals surface area contributed by atoms with Crippen molar-refractivity contribution in [3.05, 3.63) is 59.7 Å². The van der Waals surface area contributed by atoms with Gasteiger partial charge < -0.3 is 14.8 Å². The van der Waals surface area contributed by atoms with Crippen LogP contribution in [0.25, 0.3) is 0 Å². The monoisotopic (exact) mass is 335 g/mol. The van der Waals surface area contributed by atoms with Gasteiger partial charge in [-0.15, -0.1) is 12.4 Å². The van der Waals surface area contributed by atoms with Crippen molar-refractivity contribution in [2.45, 2.75) is 20.3 Å². The van der Waals surface area contributed by atoms with Gasteiger partial charge in [-0.05, 0) is 56.6 Å². The average molecular weight is 336 g/mol. The van der Waals surface area contributed by atoms with Gasteiger partial charge in [-0.2, -0.15) is 0 Å². The van der Waals surface area contributed by atoms with Crippen LogP contribution >= 0.6 is 12.4 Å². The Morgan fingerprint density at radius 1 is 0.783 bits per heavy atom. The lowest BCUT2D eigenvalue weighted by molar-refractivity contribution is 0.294. The molecule has 2 rings (SSSR count). The van der Waals surface area contributed by atoms with E-state index >= 15 is 0 Å². The Morgan fingerprint density at radius 3 is 2.26 bits per heavy atom. The Balaban J connectivity index is 0.00000264. The lowest BCUT2D eigenvalue weighted by atomic mass is 10.2. The molecule has 0 radical (unpaired) electrons. The topological polar surface area (TPSA) is 30.5 Å². The first-order chi connectivity index (χ1) is 10.7. The average Bonchev–Trinajstić information content (AvgIpc) is 2.52. The Kier molecular flexibility index (Phi) is 9.18. The van der Waals surface area contributed by atoms with Crippen LogP contribution in [-0.2, 0) is 0 Å². The second kappa shape index (κ2) is 10.9. The molecule has 2 aromatic rings. The van der Waals surface area contributed by atoms with Gasteiger partial charge in [0.1, 0.15) is 18.1 Å². The number of rotatable bonds is 9. The number of benzene rings is 2. The van der Waals surface area contributed by atoms with Crippen LogP contribution in [0.15, 0.2) is 48.5 Å². The maximum atomic E-state index is 5.70. The van der Waals surface area contributed by atoms with Gasteiger partial charge in [-0.25, -0.2) is 0 Å². The first-order valence-corrected chi connectivity index (χ1v) is 7.84. The van der Waals surface area contributed by atoms with E-state index in [0.29, 0.717) is 6.61 Å². The summed E-state index contributed by atoms with van der Waals surface area (Å²) in [5, 5.41) is 3.36. The highest BCUT2D eigenvalue weighted by atomic mass is 35.5. The highest BCUT2D eigenvalue weighted by Crippen LogP contribution is 2.12. The van der Waals surface area contributed by atoms with Gasteiger partial charge in [0.2, 0.25) is 0 Å². The molecule has 0 aliphatic heterocycles. The van der Waals surface area contributed by atoms with Crippen LogP contribution in [-0.4, -0.2) is 26.3 Å². The molecule has 1 N–H and O–H groups in total. The third kappa shape index (κ3) is 7.91. The predicted molar refractivity (Wildman–Crippen MR) is 98.1 cm³/mol. The minimum Gasteiger partial charge on any atom is -0.494 e. The number of nitrogens with one attached hydrogen (secondary N) is 1. The molecule has 0 aromatic heterocycles. The third-order valence-corrected chi connectivity index (χ3v) is 3.32. The van der Waals surface area contributed by atoms with Gasteiger partial charge in [0.25, 0.3) is 0 Å². The summed E-state index contributed by atoms with van der Waals surface area (Å²) in [5.74, 6) is 1.87. The van der Waals surface area contributed by atoms with Crippen molar-refractivity contribution in [2.75, 3.05) is 26.3 Å². The van der Waals surface area contributed by atoms with Crippen LogP contribution in [0.5, 0.6) is 11.5 Å². The van der Waals surface area contributed by atoms with Crippen LogP contribution < -0.4 is 14.8 Å². The maximum Gasteiger partial charge on any atom is 0.119 e. The highest BCUT2D eigenvalue weighted by Gasteiger charge is 1.95. The Labute approximate surface area is 145 Å². The summed E-state index contributed by atoms with van der Waals surface area (Å²) in [6, 6.07) is 16.3. The summed E-state index contributed by atoms with van der Waals surface area (Å²) in [6.07, 6.45) is 0.985. The zero-order valence-corrected chi connectivity index (χ0v) is 14.7. The number of aryl methyl sites for hydroxylation is 2. The third-order valence-electron chi connectivity index (χ3n) is 3.32. The van der Waals surface area contributed by atoms with E-state index in [-0.39, 0.29) is 12.4 Å². The van der Waals surface area contributed by atoms with E-state index in [1.165, 1.54) is 11.1 Å². The summed E-state index contributed by atoms with van der Waals surface area (Å²) in [6.45, 7) is 7.34. The van der Waals surface area contributed by atoms with E-state index in [0.717, 1.165) is 37.6 Å². The van der Waals surface area contributed by atoms with Crippen molar-refractivity contribution < 1.29 is 9.47 Å². The van der Waals surface area contributed by atoms with E-state index in [2.05, 4.69) is 43.4 Å². The highest BCUT2D eigenvalue weighted by molar-refractivity contribution is 5.85. The zero-order chi connectivity index (χ0) is 15.6. The smallest absolute Gasteiger partial charge is 0.119 e. The lowest BCUT2D eigenvalue weighted by Gasteiger charge is -2.09. The number of hydrogen-bond donors (Lipinski definition) is 1. The summed E-state index contributed by atoms with van der Waals surface area (Å²) in [4.78, 5) is 0. The van der Waals surface area contributed by atoms with Crippen LogP contribution in [0, 0.1) is 13.8 Å². The molecule has 126 valence electrons. The molecule has 0 aliphatic carbocycles. The largest absolute Gasteiger partial charge is 0.494 e. The van der Waals surface area contributed by atoms with Gasteiger partial charge in [0, 0.05) is 6.54 Å². The molecule has 0 fully saturated rings. The van der Waals surface area contributed by atoms with Crippen molar-refractivity contribution in [2.24, 2.45) is 0 Å². The fourth-order valence-electron chi connectivity index (χ4n) is 2.09. The Bertz CT molecular complexity index is 558. The number of ether oxygens (including phenoxy) is 2. The van der Waals surface area contributed by atoms with Gasteiger partial charge in [0.15, 0.2) is 0 Å². The number of halogens is 1. The normalized spacial score (nSPS) is 10.0. The Hall–Kier alpha value is -1.71. The van der Waals surface area contributed by atoms with E-state index < -0.39 is 0 Å². The molecular weight excluding hydrogens is 310 g/mol. The van der Waals surface area contributed by atoms with Crippen LogP contribution in [0.2, 0.25) is 0 Å². The van der Waals surface area contributed by atoms with Crippen LogP contribution in [0.3, 0.4) is 0 Å². The second-order valence-corrected chi connectivity index (χ2v) is 5.43. The van der Waals surface area contributed by atoms with Gasteiger partial charge >= 0.3 is 0 Å². The molecule has 0 atom stereocenters. The summed E-state index contributed by atoms with van der Waals surface area (Å²) >= 11 is 0. The van der Waals surface area contributed by atoms with Crippen molar-refractivity contribution in [1.29, 1.82) is 0 Å². The Morgan fingerprint density at radius 2 is 1.52 bits per heavy atom. The van der Waals surface area contributed by atoms with Crippen molar-refractivity contribution in [1.82, 2.24) is 5.32 Å². The van der Waals surface area contributed by atoms with Gasteiger partial charge in [0.05, 0.1) is 6.61 Å². The SMILES string of the molecule is Cc1ccc(OCCNCCCOc2cccc(C)c2)cc1.Cl. The van der Waals surface area contributed by atoms with Crippen molar-refractivity contribution in [3.8, 4) is 11.5 Å². The predicted octanol–water partition coefficient (Wildman–Crippen LogP) is 4.16. The molecule has 0 spiro atoms. The first-order valence-electron chi connectivity index (χ1n) is 7.84. The van der Waals surface area contributed by atoms with Crippen molar-refractivity contribution >= 4 is 12.4 Å². The van der Waals surface area contributed by atoms with E-state index in [4.69, 9.17) is 9.47 Å². The molecule has 0 heterocycles. The molecular formula is C19H26ClNO2. The molecule has 0 saturated carbocycles. The summed E-state index contributed by atoms with van der Waals surface area (Å²) in [7, 11) is 0. The van der Waals surface area contributed by atoms with Crippen LogP contribution in [0.4, 0.5) is 0 Å². The molecule has 4 heteroatoms. The summed E-state index contributed by atoms with van der Waals surface area (Å²) in [5.41, 5.74) is 2.47. The molecule has 2 aromatic carbocycles. The van der Waals surface area contributed by atoms with E-state index in [1.807, 2.05) is 24.3 Å². The van der Waals surface area contributed by atoms with E-state index in [9.17, 15) is 0 Å². The van der Waals surface area contributed by atoms with Crippen LogP contribution in [0.1, 0.15) is 17.5 Å². The fraction of sp³-hybridized carbons (Fsp3) is 0.368. The fourth-order valence-corrected chi connectivity index (χ4v) is 2.09.